The van der Waals surface area contributed by atoms with Crippen molar-refractivity contribution in [2.24, 2.45) is 0 Å². The number of aromatic nitrogens is 3. The van der Waals surface area contributed by atoms with Crippen LogP contribution < -0.4 is 0 Å². The van der Waals surface area contributed by atoms with Crippen molar-refractivity contribution in [3.05, 3.63) is 47.5 Å². The highest BCUT2D eigenvalue weighted by molar-refractivity contribution is 5.77. The van der Waals surface area contributed by atoms with Crippen molar-refractivity contribution in [2.75, 3.05) is 0 Å². The lowest BCUT2D eigenvalue weighted by molar-refractivity contribution is -0.147. The van der Waals surface area contributed by atoms with Gasteiger partial charge in [0.15, 0.2) is 0 Å². The number of ether oxygens (including phenoxy) is 1. The monoisotopic (exact) mass is 325 g/mol. The first-order valence-corrected chi connectivity index (χ1v) is 7.15. The van der Waals surface area contributed by atoms with E-state index in [1.165, 1.54) is 12.1 Å². The largest absolute Gasteiger partial charge is 0.460 e. The Hall–Kier alpha value is -2.38. The van der Waals surface area contributed by atoms with E-state index in [2.05, 4.69) is 10.2 Å². The van der Waals surface area contributed by atoms with Gasteiger partial charge in [-0.3, -0.25) is 4.79 Å². The number of esters is 1. The summed E-state index contributed by atoms with van der Waals surface area (Å²) in [6, 6.07) is 4.75. The molecule has 0 radical (unpaired) electrons. The minimum atomic E-state index is -4.42. The Kier molecular flexibility index (Phi) is 4.06. The molecule has 0 fully saturated rings. The van der Waals surface area contributed by atoms with Crippen molar-refractivity contribution in [2.45, 2.75) is 38.1 Å². The summed E-state index contributed by atoms with van der Waals surface area (Å²) in [5.74, 6) is -0.460. The molecule has 0 spiro atoms. The van der Waals surface area contributed by atoms with Crippen LogP contribution in [0.25, 0.3) is 0 Å². The lowest BCUT2D eigenvalue weighted by atomic mass is 9.99. The van der Waals surface area contributed by atoms with Crippen LogP contribution >= 0.6 is 0 Å². The van der Waals surface area contributed by atoms with Crippen LogP contribution in [0, 0.1) is 0 Å². The average molecular weight is 325 g/mol. The predicted molar refractivity (Wildman–Crippen MR) is 73.2 cm³/mol. The summed E-state index contributed by atoms with van der Waals surface area (Å²) in [7, 11) is 0. The predicted octanol–water partition coefficient (Wildman–Crippen LogP) is 2.92. The molecule has 3 rings (SSSR count). The van der Waals surface area contributed by atoms with Crippen LogP contribution in [0.1, 0.15) is 35.7 Å². The molecule has 2 heterocycles. The van der Waals surface area contributed by atoms with E-state index < -0.39 is 23.6 Å². The summed E-state index contributed by atoms with van der Waals surface area (Å²) >= 11 is 0. The number of fused-ring (bicyclic) bond motifs is 1. The van der Waals surface area contributed by atoms with Crippen LogP contribution in [0.5, 0.6) is 0 Å². The first kappa shape index (κ1) is 15.5. The lowest BCUT2D eigenvalue weighted by Crippen LogP contribution is -2.24. The van der Waals surface area contributed by atoms with Gasteiger partial charge in [-0.1, -0.05) is 12.1 Å². The maximum atomic E-state index is 12.7. The van der Waals surface area contributed by atoms with Gasteiger partial charge in [-0.25, -0.2) is 0 Å². The molecule has 1 atom stereocenters. The molecule has 8 heteroatoms. The molecule has 0 bridgehead atoms. The van der Waals surface area contributed by atoms with Crippen molar-refractivity contribution in [1.29, 1.82) is 0 Å². The smallest absolute Gasteiger partial charge is 0.416 e. The number of carbonyl (C=O) groups is 1. The second-order valence-electron chi connectivity index (χ2n) is 5.38. The van der Waals surface area contributed by atoms with Crippen LogP contribution in [0.3, 0.4) is 0 Å². The Balaban J connectivity index is 1.67. The Morgan fingerprint density at radius 2 is 2.22 bits per heavy atom. The number of aryl methyl sites for hydroxylation is 1. The van der Waals surface area contributed by atoms with E-state index in [9.17, 15) is 18.0 Å². The zero-order valence-corrected chi connectivity index (χ0v) is 12.1. The molecule has 1 aromatic heterocycles. The van der Waals surface area contributed by atoms with Crippen molar-refractivity contribution < 1.29 is 22.7 Å². The van der Waals surface area contributed by atoms with Gasteiger partial charge in [0.2, 0.25) is 0 Å². The summed E-state index contributed by atoms with van der Waals surface area (Å²) in [5.41, 5.74) is -0.464. The third-order valence-electron chi connectivity index (χ3n) is 3.77. The van der Waals surface area contributed by atoms with Gasteiger partial charge in [-0.2, -0.15) is 13.2 Å². The van der Waals surface area contributed by atoms with Gasteiger partial charge in [-0.15, -0.1) is 10.2 Å². The minimum absolute atomic E-state index is 0.201. The molecular weight excluding hydrogens is 311 g/mol. The van der Waals surface area contributed by atoms with E-state index >= 15 is 0 Å². The number of carbonyl (C=O) groups excluding carboxylic acids is 1. The summed E-state index contributed by atoms with van der Waals surface area (Å²) < 4.78 is 45.0. The average Bonchev–Trinajstić information content (AvgIpc) is 3.00. The van der Waals surface area contributed by atoms with Crippen LogP contribution in [-0.4, -0.2) is 20.7 Å². The molecule has 1 aromatic carbocycles. The molecule has 1 unspecified atom stereocenters. The number of hydrogen-bond acceptors (Lipinski definition) is 4. The summed E-state index contributed by atoms with van der Waals surface area (Å²) in [4.78, 5) is 12.2. The molecule has 0 saturated heterocycles. The molecule has 1 aliphatic heterocycles. The molecule has 0 N–H and O–H groups in total. The third kappa shape index (κ3) is 3.35. The van der Waals surface area contributed by atoms with Gasteiger partial charge in [0.05, 0.1) is 5.56 Å². The Labute approximate surface area is 130 Å². The number of benzene rings is 1. The quantitative estimate of drug-likeness (QED) is 0.814. The summed E-state index contributed by atoms with van der Waals surface area (Å²) in [6.45, 7) is 0.549. The highest BCUT2D eigenvalue weighted by atomic mass is 19.4. The van der Waals surface area contributed by atoms with Crippen LogP contribution in [0.2, 0.25) is 0 Å². The number of nitrogens with zero attached hydrogens (tertiary/aromatic N) is 3. The van der Waals surface area contributed by atoms with Crippen molar-refractivity contribution in [1.82, 2.24) is 14.8 Å². The molecule has 2 aromatic rings. The van der Waals surface area contributed by atoms with Crippen molar-refractivity contribution in [3.63, 3.8) is 0 Å². The summed E-state index contributed by atoms with van der Waals surface area (Å²) in [5, 5.41) is 7.70. The van der Waals surface area contributed by atoms with Crippen molar-refractivity contribution >= 4 is 5.97 Å². The number of alkyl halides is 3. The lowest BCUT2D eigenvalue weighted by Gasteiger charge is -2.21. The van der Waals surface area contributed by atoms with E-state index in [0.717, 1.165) is 25.1 Å². The Morgan fingerprint density at radius 3 is 3.00 bits per heavy atom. The van der Waals surface area contributed by atoms with Gasteiger partial charge >= 0.3 is 12.1 Å². The fourth-order valence-corrected chi connectivity index (χ4v) is 2.62. The second-order valence-corrected chi connectivity index (χ2v) is 5.38. The molecule has 5 nitrogen and oxygen atoms in total. The number of hydrogen-bond donors (Lipinski definition) is 0. The molecule has 0 amide bonds. The van der Waals surface area contributed by atoms with Crippen LogP contribution in [-0.2, 0) is 28.9 Å². The molecule has 122 valence electrons. The normalized spacial score (nSPS) is 17.6. The molecule has 0 saturated carbocycles. The number of halogens is 3. The first-order valence-electron chi connectivity index (χ1n) is 7.15. The van der Waals surface area contributed by atoms with E-state index in [4.69, 9.17) is 4.74 Å². The molecule has 1 aliphatic rings. The Morgan fingerprint density at radius 1 is 1.39 bits per heavy atom. The SMILES string of the molecule is O=C(OCc1cccc(C(F)(F)F)c1)C1CCCn2cnnc21. The first-order chi connectivity index (χ1) is 10.9. The van der Waals surface area contributed by atoms with Gasteiger partial charge in [0, 0.05) is 6.54 Å². The fourth-order valence-electron chi connectivity index (χ4n) is 2.62. The van der Waals surface area contributed by atoms with Gasteiger partial charge in [0.1, 0.15) is 24.7 Å². The number of rotatable bonds is 3. The minimum Gasteiger partial charge on any atom is -0.460 e. The molecular formula is C15H14F3N3O2. The van der Waals surface area contributed by atoms with E-state index in [1.54, 1.807) is 10.9 Å². The highest BCUT2D eigenvalue weighted by Gasteiger charge is 2.31. The Bertz CT molecular complexity index is 712. The second kappa shape index (κ2) is 6.02. The molecule has 23 heavy (non-hydrogen) atoms. The standard InChI is InChI=1S/C15H14F3N3O2/c16-15(17,18)11-4-1-3-10(7-11)8-23-14(22)12-5-2-6-21-9-19-20-13(12)21/h1,3-4,7,9,12H,2,5-6,8H2. The third-order valence-corrected chi connectivity index (χ3v) is 3.77. The van der Waals surface area contributed by atoms with Gasteiger partial charge < -0.3 is 9.30 Å². The van der Waals surface area contributed by atoms with E-state index in [0.29, 0.717) is 17.8 Å². The fraction of sp³-hybridized carbons (Fsp3) is 0.400. The van der Waals surface area contributed by atoms with E-state index in [-0.39, 0.29) is 6.61 Å². The van der Waals surface area contributed by atoms with Crippen LogP contribution in [0.4, 0.5) is 13.2 Å². The van der Waals surface area contributed by atoms with E-state index in [1.807, 2.05) is 0 Å². The van der Waals surface area contributed by atoms with Crippen LogP contribution in [0.15, 0.2) is 30.6 Å². The zero-order chi connectivity index (χ0) is 16.4. The highest BCUT2D eigenvalue weighted by Crippen LogP contribution is 2.30. The van der Waals surface area contributed by atoms with Gasteiger partial charge in [-0.05, 0) is 30.5 Å². The summed E-state index contributed by atoms with van der Waals surface area (Å²) in [6.07, 6.45) is -1.46. The maximum Gasteiger partial charge on any atom is 0.416 e. The zero-order valence-electron chi connectivity index (χ0n) is 12.1. The topological polar surface area (TPSA) is 57.0 Å². The van der Waals surface area contributed by atoms with Gasteiger partial charge in [0.25, 0.3) is 0 Å². The van der Waals surface area contributed by atoms with Crippen molar-refractivity contribution in [3.8, 4) is 0 Å². The maximum absolute atomic E-state index is 12.7. The molecule has 0 aliphatic carbocycles.